The van der Waals surface area contributed by atoms with Gasteiger partial charge in [-0.05, 0) is 42.7 Å². The van der Waals surface area contributed by atoms with Gasteiger partial charge in [-0.25, -0.2) is 0 Å². The Labute approximate surface area is 112 Å². The van der Waals surface area contributed by atoms with Gasteiger partial charge < -0.3 is 5.11 Å². The van der Waals surface area contributed by atoms with Gasteiger partial charge in [0.25, 0.3) is 0 Å². The number of benzene rings is 1. The molecule has 0 aliphatic heterocycles. The monoisotopic (exact) mass is 256 g/mol. The second-order valence-electron chi connectivity index (χ2n) is 4.67. The van der Waals surface area contributed by atoms with Crippen molar-refractivity contribution in [2.24, 2.45) is 5.92 Å². The highest BCUT2D eigenvalue weighted by Gasteiger charge is 2.20. The van der Waals surface area contributed by atoms with Crippen molar-refractivity contribution in [2.45, 2.75) is 19.3 Å². The lowest BCUT2D eigenvalue weighted by molar-refractivity contribution is -0.123. The van der Waals surface area contributed by atoms with Gasteiger partial charge in [0.15, 0.2) is 11.6 Å². The maximum absolute atomic E-state index is 11.8. The minimum absolute atomic E-state index is 0.0401. The number of carbonyl (C=O) groups excluding carboxylic acids is 2. The van der Waals surface area contributed by atoms with E-state index in [2.05, 4.69) is 0 Å². The van der Waals surface area contributed by atoms with Gasteiger partial charge in [0.05, 0.1) is 0 Å². The molecule has 0 spiro atoms. The van der Waals surface area contributed by atoms with Crippen LogP contribution in [0.25, 0.3) is 6.08 Å². The molecule has 1 aromatic carbocycles. The minimum Gasteiger partial charge on any atom is -0.508 e. The van der Waals surface area contributed by atoms with E-state index < -0.39 is 0 Å². The van der Waals surface area contributed by atoms with Gasteiger partial charge >= 0.3 is 0 Å². The van der Waals surface area contributed by atoms with Gasteiger partial charge in [-0.2, -0.15) is 0 Å². The van der Waals surface area contributed by atoms with Crippen LogP contribution < -0.4 is 0 Å². The smallest absolute Gasteiger partial charge is 0.158 e. The molecule has 1 aliphatic rings. The third kappa shape index (κ3) is 3.91. The van der Waals surface area contributed by atoms with Crippen LogP contribution in [-0.2, 0) is 9.59 Å². The molecular formula is C16H16O3. The van der Waals surface area contributed by atoms with Crippen molar-refractivity contribution in [3.05, 3.63) is 48.1 Å². The van der Waals surface area contributed by atoms with Crippen molar-refractivity contribution in [3.63, 3.8) is 0 Å². The third-order valence-corrected chi connectivity index (χ3v) is 3.17. The minimum atomic E-state index is -0.165. The number of aromatic hydroxyl groups is 1. The molecule has 0 radical (unpaired) electrons. The molecule has 19 heavy (non-hydrogen) atoms. The fourth-order valence-electron chi connectivity index (χ4n) is 2.06. The van der Waals surface area contributed by atoms with Gasteiger partial charge in [-0.1, -0.05) is 24.3 Å². The normalized spacial score (nSPS) is 18.9. The van der Waals surface area contributed by atoms with E-state index in [1.165, 1.54) is 6.08 Å². The largest absolute Gasteiger partial charge is 0.508 e. The Morgan fingerprint density at radius 1 is 1.32 bits per heavy atom. The second-order valence-corrected chi connectivity index (χ2v) is 4.67. The number of hydrogen-bond donors (Lipinski definition) is 1. The molecule has 0 saturated heterocycles. The van der Waals surface area contributed by atoms with Crippen LogP contribution in [0.2, 0.25) is 0 Å². The summed E-state index contributed by atoms with van der Waals surface area (Å²) in [6, 6.07) is 6.60. The molecule has 0 bridgehead atoms. The summed E-state index contributed by atoms with van der Waals surface area (Å²) in [5.74, 6) is 0.0457. The van der Waals surface area contributed by atoms with Gasteiger partial charge in [0.2, 0.25) is 0 Å². The highest BCUT2D eigenvalue weighted by molar-refractivity contribution is 5.99. The molecule has 1 aromatic rings. The third-order valence-electron chi connectivity index (χ3n) is 3.17. The molecule has 0 amide bonds. The van der Waals surface area contributed by atoms with E-state index in [-0.39, 0.29) is 29.7 Å². The summed E-state index contributed by atoms with van der Waals surface area (Å²) in [4.78, 5) is 23.3. The van der Waals surface area contributed by atoms with Gasteiger partial charge in [0.1, 0.15) is 5.75 Å². The molecule has 2 rings (SSSR count). The second kappa shape index (κ2) is 6.14. The van der Waals surface area contributed by atoms with E-state index in [1.54, 1.807) is 36.4 Å². The van der Waals surface area contributed by atoms with Gasteiger partial charge in [0, 0.05) is 12.3 Å². The molecule has 3 heteroatoms. The van der Waals surface area contributed by atoms with Crippen LogP contribution in [-0.4, -0.2) is 16.7 Å². The Bertz CT molecular complexity index is 523. The van der Waals surface area contributed by atoms with Crippen LogP contribution in [0.4, 0.5) is 0 Å². The molecule has 3 nitrogen and oxygen atoms in total. The van der Waals surface area contributed by atoms with Crippen LogP contribution in [0.3, 0.4) is 0 Å². The van der Waals surface area contributed by atoms with Gasteiger partial charge in [-0.3, -0.25) is 9.59 Å². The predicted octanol–water partition coefficient (Wildman–Crippen LogP) is 2.90. The Morgan fingerprint density at radius 2 is 2.05 bits per heavy atom. The van der Waals surface area contributed by atoms with Crippen molar-refractivity contribution in [1.29, 1.82) is 0 Å². The molecule has 98 valence electrons. The lowest BCUT2D eigenvalue weighted by atomic mass is 9.88. The van der Waals surface area contributed by atoms with Gasteiger partial charge in [-0.15, -0.1) is 0 Å². The number of allylic oxidation sites excluding steroid dienone is 3. The summed E-state index contributed by atoms with van der Waals surface area (Å²) in [6.45, 7) is 0. The lowest BCUT2D eigenvalue weighted by Crippen LogP contribution is -2.18. The Balaban J connectivity index is 1.92. The first-order valence-corrected chi connectivity index (χ1v) is 6.35. The molecule has 1 atom stereocenters. The van der Waals surface area contributed by atoms with Crippen LogP contribution in [0, 0.1) is 5.92 Å². The summed E-state index contributed by atoms with van der Waals surface area (Å²) in [5, 5.41) is 9.14. The Morgan fingerprint density at radius 3 is 2.74 bits per heavy atom. The summed E-state index contributed by atoms with van der Waals surface area (Å²) >= 11 is 0. The molecule has 0 aromatic heterocycles. The Kier molecular flexibility index (Phi) is 4.29. The topological polar surface area (TPSA) is 54.4 Å². The first-order chi connectivity index (χ1) is 9.15. The maximum Gasteiger partial charge on any atom is 0.158 e. The molecule has 1 aliphatic carbocycles. The van der Waals surface area contributed by atoms with Crippen molar-refractivity contribution >= 4 is 17.6 Å². The summed E-state index contributed by atoms with van der Waals surface area (Å²) in [5.41, 5.74) is 0.848. The number of hydrogen-bond acceptors (Lipinski definition) is 3. The van der Waals surface area contributed by atoms with Crippen molar-refractivity contribution in [1.82, 2.24) is 0 Å². The van der Waals surface area contributed by atoms with E-state index in [1.807, 2.05) is 6.08 Å². The molecule has 1 unspecified atom stereocenters. The van der Waals surface area contributed by atoms with Crippen molar-refractivity contribution in [3.8, 4) is 5.75 Å². The molecule has 0 saturated carbocycles. The zero-order chi connectivity index (χ0) is 13.7. The van der Waals surface area contributed by atoms with E-state index >= 15 is 0 Å². The predicted molar refractivity (Wildman–Crippen MR) is 73.6 cm³/mol. The fraction of sp³-hybridized carbons (Fsp3) is 0.250. The molecule has 0 heterocycles. The van der Waals surface area contributed by atoms with Crippen LogP contribution >= 0.6 is 0 Å². The fourth-order valence-corrected chi connectivity index (χ4v) is 2.06. The van der Waals surface area contributed by atoms with Crippen LogP contribution in [0.15, 0.2) is 42.5 Å². The summed E-state index contributed by atoms with van der Waals surface area (Å²) in [6.07, 6.45) is 8.53. The van der Waals surface area contributed by atoms with E-state index in [4.69, 9.17) is 5.11 Å². The van der Waals surface area contributed by atoms with Crippen LogP contribution in [0.1, 0.15) is 24.8 Å². The number of carbonyl (C=O) groups is 2. The number of rotatable bonds is 4. The average molecular weight is 256 g/mol. The zero-order valence-electron chi connectivity index (χ0n) is 10.6. The van der Waals surface area contributed by atoms with Crippen molar-refractivity contribution in [2.75, 3.05) is 0 Å². The quantitative estimate of drug-likeness (QED) is 0.843. The van der Waals surface area contributed by atoms with E-state index in [0.717, 1.165) is 18.4 Å². The van der Waals surface area contributed by atoms with Crippen LogP contribution in [0.5, 0.6) is 5.75 Å². The first kappa shape index (κ1) is 13.3. The summed E-state index contributed by atoms with van der Waals surface area (Å²) in [7, 11) is 0. The van der Waals surface area contributed by atoms with E-state index in [9.17, 15) is 9.59 Å². The average Bonchev–Trinajstić information content (AvgIpc) is 2.41. The number of phenols is 1. The number of phenolic OH excluding ortho intramolecular Hbond substituents is 1. The highest BCUT2D eigenvalue weighted by Crippen LogP contribution is 2.19. The molecule has 0 fully saturated rings. The molecule has 1 N–H and O–H groups in total. The number of ketones is 2. The first-order valence-electron chi connectivity index (χ1n) is 6.35. The lowest BCUT2D eigenvalue weighted by Gasteiger charge is -2.14. The highest BCUT2D eigenvalue weighted by atomic mass is 16.3. The van der Waals surface area contributed by atoms with Crippen molar-refractivity contribution < 1.29 is 14.7 Å². The summed E-state index contributed by atoms with van der Waals surface area (Å²) < 4.78 is 0. The maximum atomic E-state index is 11.8. The Hall–Kier alpha value is -2.16. The zero-order valence-corrected chi connectivity index (χ0v) is 10.6. The standard InChI is InChI=1S/C16H16O3/c17-14-8-5-12(6-9-14)7-10-15(18)11-13-3-1-2-4-16(13)19/h2,4-10,13,17H,1,3,11H2/b10-7+. The van der Waals surface area contributed by atoms with E-state index in [0.29, 0.717) is 0 Å². The SMILES string of the molecule is O=C(/C=C/c1ccc(O)cc1)CC1CCC=CC1=O. The molecular weight excluding hydrogens is 240 g/mol.